The molecule has 8 nitrogen and oxygen atoms in total. The van der Waals surface area contributed by atoms with Crippen molar-refractivity contribution in [3.8, 4) is 11.5 Å². The van der Waals surface area contributed by atoms with Gasteiger partial charge < -0.3 is 25.4 Å². The molecule has 0 saturated carbocycles. The fourth-order valence-corrected chi connectivity index (χ4v) is 3.24. The van der Waals surface area contributed by atoms with Crippen molar-refractivity contribution in [1.29, 1.82) is 0 Å². The number of amides is 3. The Balaban J connectivity index is 1.83. The molecule has 3 N–H and O–H groups in total. The topological polar surface area (TPSA) is 111 Å². The molecule has 0 bridgehead atoms. The number of rotatable bonds is 6. The van der Waals surface area contributed by atoms with Crippen LogP contribution in [0.15, 0.2) is 30.3 Å². The number of nitrogens with one attached hydrogen (secondary N) is 1. The molecule has 0 spiro atoms. The number of ether oxygens (including phenoxy) is 2. The molecule has 158 valence electrons. The lowest BCUT2D eigenvalue weighted by Gasteiger charge is -2.18. The van der Waals surface area contributed by atoms with E-state index >= 15 is 0 Å². The van der Waals surface area contributed by atoms with E-state index in [0.717, 1.165) is 17.0 Å². The highest BCUT2D eigenvalue weighted by molar-refractivity contribution is 6.07. The lowest BCUT2D eigenvalue weighted by atomic mass is 10.1. The minimum atomic E-state index is -0.902. The van der Waals surface area contributed by atoms with Gasteiger partial charge in [-0.1, -0.05) is 0 Å². The molecule has 1 unspecified atom stereocenters. The monoisotopic (exact) mass is 419 g/mol. The standard InChI is InChI=1S/C20H19F2N3O5/c1-29-16-7-12(19(23)27)14(8-17(16)30-2)24-20(28)10-5-18(26)25(9-10)15-4-3-11(21)6-13(15)22/h3-4,6-8,10H,5,9H2,1-2H3,(H2,23,27)(H,24,28). The summed E-state index contributed by atoms with van der Waals surface area (Å²) in [7, 11) is 2.77. The number of primary amides is 1. The number of carbonyl (C=O) groups is 3. The van der Waals surface area contributed by atoms with E-state index in [1.165, 1.54) is 26.4 Å². The number of carbonyl (C=O) groups excluding carboxylic acids is 3. The number of methoxy groups -OCH3 is 2. The zero-order valence-electron chi connectivity index (χ0n) is 16.2. The average Bonchev–Trinajstić information content (AvgIpc) is 3.09. The fourth-order valence-electron chi connectivity index (χ4n) is 3.24. The molecule has 1 heterocycles. The Kier molecular flexibility index (Phi) is 5.86. The fraction of sp³-hybridized carbons (Fsp3) is 0.250. The molecular formula is C20H19F2N3O5. The average molecular weight is 419 g/mol. The number of hydrogen-bond acceptors (Lipinski definition) is 5. The van der Waals surface area contributed by atoms with Gasteiger partial charge in [0.1, 0.15) is 11.6 Å². The van der Waals surface area contributed by atoms with Crippen molar-refractivity contribution in [2.24, 2.45) is 11.7 Å². The first-order chi connectivity index (χ1) is 14.2. The van der Waals surface area contributed by atoms with Crippen LogP contribution in [-0.2, 0) is 9.59 Å². The third-order valence-electron chi connectivity index (χ3n) is 4.74. The quantitative estimate of drug-likeness (QED) is 0.745. The maximum atomic E-state index is 14.0. The van der Waals surface area contributed by atoms with Gasteiger partial charge in [0.2, 0.25) is 11.8 Å². The van der Waals surface area contributed by atoms with Crippen LogP contribution < -0.4 is 25.4 Å². The minimum Gasteiger partial charge on any atom is -0.493 e. The lowest BCUT2D eigenvalue weighted by Crippen LogP contribution is -2.29. The molecule has 0 aromatic heterocycles. The first kappa shape index (κ1) is 21.0. The van der Waals surface area contributed by atoms with E-state index in [1.54, 1.807) is 0 Å². The normalized spacial score (nSPS) is 15.8. The molecule has 1 fully saturated rings. The summed E-state index contributed by atoms with van der Waals surface area (Å²) in [5.41, 5.74) is 5.36. The van der Waals surface area contributed by atoms with E-state index in [4.69, 9.17) is 15.2 Å². The molecule has 1 aliphatic heterocycles. The molecule has 30 heavy (non-hydrogen) atoms. The number of anilines is 2. The van der Waals surface area contributed by atoms with Crippen molar-refractivity contribution in [3.05, 3.63) is 47.5 Å². The van der Waals surface area contributed by atoms with Crippen LogP contribution in [0, 0.1) is 17.6 Å². The highest BCUT2D eigenvalue weighted by atomic mass is 19.1. The molecule has 2 aromatic rings. The molecule has 0 radical (unpaired) electrons. The molecule has 0 aliphatic carbocycles. The number of hydrogen-bond donors (Lipinski definition) is 2. The van der Waals surface area contributed by atoms with Crippen LogP contribution in [0.1, 0.15) is 16.8 Å². The zero-order chi connectivity index (χ0) is 22.0. The summed E-state index contributed by atoms with van der Waals surface area (Å²) >= 11 is 0. The van der Waals surface area contributed by atoms with Crippen LogP contribution in [-0.4, -0.2) is 38.5 Å². The van der Waals surface area contributed by atoms with Gasteiger partial charge in [-0.15, -0.1) is 0 Å². The second kappa shape index (κ2) is 8.36. The second-order valence-corrected chi connectivity index (χ2v) is 6.61. The van der Waals surface area contributed by atoms with E-state index < -0.39 is 35.3 Å². The Morgan fingerprint density at radius 1 is 1.13 bits per heavy atom. The number of nitrogens with two attached hydrogens (primary N) is 1. The van der Waals surface area contributed by atoms with Crippen LogP contribution in [0.4, 0.5) is 20.2 Å². The van der Waals surface area contributed by atoms with Crippen molar-refractivity contribution < 1.29 is 32.6 Å². The lowest BCUT2D eigenvalue weighted by molar-refractivity contribution is -0.122. The SMILES string of the molecule is COc1cc(NC(=O)C2CC(=O)N(c3ccc(F)cc3F)C2)c(C(N)=O)cc1OC. The molecule has 3 rings (SSSR count). The number of halogens is 2. The van der Waals surface area contributed by atoms with Gasteiger partial charge in [0.05, 0.1) is 37.1 Å². The van der Waals surface area contributed by atoms with Crippen molar-refractivity contribution in [3.63, 3.8) is 0 Å². The first-order valence-electron chi connectivity index (χ1n) is 8.87. The van der Waals surface area contributed by atoms with Crippen molar-refractivity contribution in [1.82, 2.24) is 0 Å². The Morgan fingerprint density at radius 3 is 2.40 bits per heavy atom. The number of nitrogens with zero attached hydrogens (tertiary/aromatic N) is 1. The molecule has 1 saturated heterocycles. The Labute approximate surface area is 170 Å². The summed E-state index contributed by atoms with van der Waals surface area (Å²) in [6.07, 6.45) is -0.179. The van der Waals surface area contributed by atoms with Crippen molar-refractivity contribution >= 4 is 29.1 Å². The van der Waals surface area contributed by atoms with E-state index in [0.29, 0.717) is 6.07 Å². The van der Waals surface area contributed by atoms with Crippen LogP contribution in [0.3, 0.4) is 0 Å². The molecule has 1 aliphatic rings. The Bertz CT molecular complexity index is 1030. The maximum Gasteiger partial charge on any atom is 0.250 e. The van der Waals surface area contributed by atoms with Gasteiger partial charge in [-0.25, -0.2) is 8.78 Å². The Morgan fingerprint density at radius 2 is 1.80 bits per heavy atom. The van der Waals surface area contributed by atoms with Gasteiger partial charge in [-0.05, 0) is 18.2 Å². The molecular weight excluding hydrogens is 400 g/mol. The van der Waals surface area contributed by atoms with E-state index in [-0.39, 0.29) is 41.4 Å². The van der Waals surface area contributed by atoms with Crippen LogP contribution >= 0.6 is 0 Å². The predicted molar refractivity (Wildman–Crippen MR) is 104 cm³/mol. The number of benzene rings is 2. The van der Waals surface area contributed by atoms with Gasteiger partial charge in [0.25, 0.3) is 5.91 Å². The largest absolute Gasteiger partial charge is 0.493 e. The minimum absolute atomic E-state index is 0.00763. The zero-order valence-corrected chi connectivity index (χ0v) is 16.2. The van der Waals surface area contributed by atoms with Crippen LogP contribution in [0.2, 0.25) is 0 Å². The van der Waals surface area contributed by atoms with Gasteiger partial charge in [-0.2, -0.15) is 0 Å². The van der Waals surface area contributed by atoms with Gasteiger partial charge in [0, 0.05) is 25.1 Å². The summed E-state index contributed by atoms with van der Waals surface area (Å²) in [5, 5.41) is 2.57. The maximum absolute atomic E-state index is 14.0. The molecule has 1 atom stereocenters. The first-order valence-corrected chi connectivity index (χ1v) is 8.87. The van der Waals surface area contributed by atoms with E-state index in [2.05, 4.69) is 5.32 Å². The van der Waals surface area contributed by atoms with Gasteiger partial charge >= 0.3 is 0 Å². The summed E-state index contributed by atoms with van der Waals surface area (Å²) in [4.78, 5) is 37.9. The van der Waals surface area contributed by atoms with E-state index in [1.807, 2.05) is 0 Å². The van der Waals surface area contributed by atoms with Gasteiger partial charge in [0.15, 0.2) is 11.5 Å². The Hall–Kier alpha value is -3.69. The van der Waals surface area contributed by atoms with Gasteiger partial charge in [-0.3, -0.25) is 14.4 Å². The summed E-state index contributed by atoms with van der Waals surface area (Å²) < 4.78 is 37.5. The smallest absolute Gasteiger partial charge is 0.250 e. The summed E-state index contributed by atoms with van der Waals surface area (Å²) in [5.74, 6) is -3.84. The second-order valence-electron chi connectivity index (χ2n) is 6.61. The van der Waals surface area contributed by atoms with Crippen molar-refractivity contribution in [2.75, 3.05) is 31.0 Å². The molecule has 2 aromatic carbocycles. The predicted octanol–water partition coefficient (Wildman–Crippen LogP) is 2.07. The summed E-state index contributed by atoms with van der Waals surface area (Å²) in [6.45, 7) is -0.105. The molecule has 10 heteroatoms. The van der Waals surface area contributed by atoms with Crippen LogP contribution in [0.25, 0.3) is 0 Å². The van der Waals surface area contributed by atoms with E-state index in [9.17, 15) is 23.2 Å². The highest BCUT2D eigenvalue weighted by Crippen LogP contribution is 2.34. The van der Waals surface area contributed by atoms with Crippen LogP contribution in [0.5, 0.6) is 11.5 Å². The third kappa shape index (κ3) is 4.02. The third-order valence-corrected chi connectivity index (χ3v) is 4.74. The van der Waals surface area contributed by atoms with Crippen molar-refractivity contribution in [2.45, 2.75) is 6.42 Å². The summed E-state index contributed by atoms with van der Waals surface area (Å²) in [6, 6.07) is 5.55. The highest BCUT2D eigenvalue weighted by Gasteiger charge is 2.36. The molecule has 3 amide bonds.